The van der Waals surface area contributed by atoms with Crippen molar-refractivity contribution in [3.05, 3.63) is 78.4 Å². The molecule has 3 aromatic carbocycles. The van der Waals surface area contributed by atoms with E-state index in [9.17, 15) is 13.2 Å². The van der Waals surface area contributed by atoms with E-state index in [2.05, 4.69) is 4.72 Å². The molecule has 2 N–H and O–H groups in total. The third-order valence-electron chi connectivity index (χ3n) is 3.81. The Hall–Kier alpha value is -3.52. The van der Waals surface area contributed by atoms with Crippen LogP contribution in [-0.4, -0.2) is 26.6 Å². The molecule has 0 spiro atoms. The average Bonchev–Trinajstić information content (AvgIpc) is 2.69. The minimum atomic E-state index is -3.83. The van der Waals surface area contributed by atoms with Gasteiger partial charge in [0.15, 0.2) is 11.5 Å². The number of nitrogens with one attached hydrogen (secondary N) is 1. The number of aromatic carboxylic acids is 1. The van der Waals surface area contributed by atoms with Gasteiger partial charge in [-0.2, -0.15) is 0 Å². The maximum Gasteiger partial charge on any atom is 0.335 e. The van der Waals surface area contributed by atoms with E-state index in [1.165, 1.54) is 55.6 Å². The Morgan fingerprint density at radius 1 is 0.893 bits per heavy atom. The van der Waals surface area contributed by atoms with Gasteiger partial charge in [-0.05, 0) is 60.7 Å². The summed E-state index contributed by atoms with van der Waals surface area (Å²) in [6.45, 7) is 0. The summed E-state index contributed by atoms with van der Waals surface area (Å²) in [6, 6.07) is 18.4. The second-order valence-electron chi connectivity index (χ2n) is 5.71. The van der Waals surface area contributed by atoms with Gasteiger partial charge in [-0.25, -0.2) is 13.2 Å². The summed E-state index contributed by atoms with van der Waals surface area (Å²) in [7, 11) is -2.29. The van der Waals surface area contributed by atoms with Crippen molar-refractivity contribution in [2.24, 2.45) is 0 Å². The van der Waals surface area contributed by atoms with Crippen molar-refractivity contribution >= 4 is 21.7 Å². The zero-order valence-electron chi connectivity index (χ0n) is 14.8. The summed E-state index contributed by atoms with van der Waals surface area (Å²) in [5, 5.41) is 8.89. The molecule has 0 saturated carbocycles. The van der Waals surface area contributed by atoms with E-state index in [0.29, 0.717) is 17.2 Å². The molecule has 0 fully saturated rings. The summed E-state index contributed by atoms with van der Waals surface area (Å²) in [6.07, 6.45) is 0. The molecular formula is C20H17NO6S. The van der Waals surface area contributed by atoms with Crippen LogP contribution in [0.25, 0.3) is 0 Å². The number of hydrogen-bond donors (Lipinski definition) is 2. The largest absolute Gasteiger partial charge is 0.493 e. The maximum atomic E-state index is 12.5. The fourth-order valence-electron chi connectivity index (χ4n) is 2.41. The van der Waals surface area contributed by atoms with E-state index in [1.807, 2.05) is 6.07 Å². The first-order valence-corrected chi connectivity index (χ1v) is 9.64. The van der Waals surface area contributed by atoms with Gasteiger partial charge in [0.05, 0.1) is 17.6 Å². The summed E-state index contributed by atoms with van der Waals surface area (Å²) in [4.78, 5) is 10.9. The molecule has 3 rings (SSSR count). The average molecular weight is 399 g/mol. The number of carboxylic acid groups (broad SMARTS) is 1. The number of sulfonamides is 1. The maximum absolute atomic E-state index is 12.5. The quantitative estimate of drug-likeness (QED) is 0.623. The van der Waals surface area contributed by atoms with Crippen molar-refractivity contribution < 1.29 is 27.8 Å². The van der Waals surface area contributed by atoms with E-state index in [-0.39, 0.29) is 16.1 Å². The van der Waals surface area contributed by atoms with Crippen molar-refractivity contribution in [2.75, 3.05) is 11.8 Å². The number of anilines is 1. The Morgan fingerprint density at radius 3 is 2.07 bits per heavy atom. The van der Waals surface area contributed by atoms with Crippen LogP contribution in [0.4, 0.5) is 5.69 Å². The number of hydrogen-bond acceptors (Lipinski definition) is 5. The van der Waals surface area contributed by atoms with Crippen molar-refractivity contribution in [1.82, 2.24) is 0 Å². The van der Waals surface area contributed by atoms with Crippen LogP contribution in [0.15, 0.2) is 77.7 Å². The molecule has 8 heteroatoms. The topological polar surface area (TPSA) is 102 Å². The van der Waals surface area contributed by atoms with Gasteiger partial charge in [-0.3, -0.25) is 4.72 Å². The van der Waals surface area contributed by atoms with Crippen molar-refractivity contribution in [1.29, 1.82) is 0 Å². The number of rotatable bonds is 7. The van der Waals surface area contributed by atoms with Crippen LogP contribution in [0.5, 0.6) is 17.2 Å². The first-order valence-electron chi connectivity index (χ1n) is 8.16. The van der Waals surface area contributed by atoms with Gasteiger partial charge in [0.25, 0.3) is 10.0 Å². The summed E-state index contributed by atoms with van der Waals surface area (Å²) in [5.41, 5.74) is 0.333. The molecule has 0 atom stereocenters. The van der Waals surface area contributed by atoms with Gasteiger partial charge in [0.1, 0.15) is 5.75 Å². The SMILES string of the molecule is COc1ccccc1Oc1ccc(S(=O)(=O)Nc2ccc(C(=O)O)cc2)cc1. The molecule has 144 valence electrons. The van der Waals surface area contributed by atoms with Crippen LogP contribution in [-0.2, 0) is 10.0 Å². The van der Waals surface area contributed by atoms with Crippen LogP contribution in [0.1, 0.15) is 10.4 Å². The highest BCUT2D eigenvalue weighted by Gasteiger charge is 2.15. The number of carboxylic acids is 1. The highest BCUT2D eigenvalue weighted by molar-refractivity contribution is 7.92. The van der Waals surface area contributed by atoms with Crippen LogP contribution in [0.2, 0.25) is 0 Å². The highest BCUT2D eigenvalue weighted by Crippen LogP contribution is 2.31. The fraction of sp³-hybridized carbons (Fsp3) is 0.0500. The minimum Gasteiger partial charge on any atom is -0.493 e. The van der Waals surface area contributed by atoms with Gasteiger partial charge in [0.2, 0.25) is 0 Å². The zero-order valence-corrected chi connectivity index (χ0v) is 15.6. The number of para-hydroxylation sites is 2. The lowest BCUT2D eigenvalue weighted by Crippen LogP contribution is -2.13. The molecule has 0 aliphatic rings. The van der Waals surface area contributed by atoms with E-state index in [1.54, 1.807) is 18.2 Å². The van der Waals surface area contributed by atoms with E-state index >= 15 is 0 Å². The number of carbonyl (C=O) groups is 1. The molecule has 28 heavy (non-hydrogen) atoms. The number of methoxy groups -OCH3 is 1. The van der Waals surface area contributed by atoms with Gasteiger partial charge in [-0.15, -0.1) is 0 Å². The lowest BCUT2D eigenvalue weighted by Gasteiger charge is -2.11. The van der Waals surface area contributed by atoms with E-state index in [4.69, 9.17) is 14.6 Å². The van der Waals surface area contributed by atoms with Crippen LogP contribution >= 0.6 is 0 Å². The van der Waals surface area contributed by atoms with Gasteiger partial charge in [0, 0.05) is 5.69 Å². The molecule has 7 nitrogen and oxygen atoms in total. The van der Waals surface area contributed by atoms with Crippen LogP contribution in [0, 0.1) is 0 Å². The van der Waals surface area contributed by atoms with E-state index < -0.39 is 16.0 Å². The normalized spacial score (nSPS) is 10.9. The first kappa shape index (κ1) is 19.2. The molecule has 0 saturated heterocycles. The Morgan fingerprint density at radius 2 is 1.50 bits per heavy atom. The second-order valence-corrected chi connectivity index (χ2v) is 7.39. The third-order valence-corrected chi connectivity index (χ3v) is 5.21. The van der Waals surface area contributed by atoms with Crippen LogP contribution in [0.3, 0.4) is 0 Å². The van der Waals surface area contributed by atoms with Gasteiger partial charge < -0.3 is 14.6 Å². The molecule has 0 amide bonds. The molecular weight excluding hydrogens is 382 g/mol. The summed E-state index contributed by atoms with van der Waals surface area (Å²) >= 11 is 0. The molecule has 0 unspecified atom stereocenters. The lowest BCUT2D eigenvalue weighted by atomic mass is 10.2. The summed E-state index contributed by atoms with van der Waals surface area (Å²) < 4.78 is 38.4. The predicted octanol–water partition coefficient (Wildman–Crippen LogP) is 3.99. The molecule has 0 aliphatic heterocycles. The Labute approximate surface area is 162 Å². The molecule has 0 aliphatic carbocycles. The van der Waals surface area contributed by atoms with Crippen molar-refractivity contribution in [3.8, 4) is 17.2 Å². The second kappa shape index (κ2) is 8.01. The fourth-order valence-corrected chi connectivity index (χ4v) is 3.47. The standard InChI is InChI=1S/C20H17NO6S/c1-26-18-4-2-3-5-19(18)27-16-10-12-17(13-11-16)28(24,25)21-15-8-6-14(7-9-15)20(22)23/h2-13,21H,1H3,(H,22,23). The molecule has 0 heterocycles. The number of ether oxygens (including phenoxy) is 2. The Kier molecular flexibility index (Phi) is 5.51. The minimum absolute atomic E-state index is 0.0437. The van der Waals surface area contributed by atoms with Gasteiger partial charge in [-0.1, -0.05) is 12.1 Å². The molecule has 0 radical (unpaired) electrons. The zero-order chi connectivity index (χ0) is 20.1. The Balaban J connectivity index is 1.75. The van der Waals surface area contributed by atoms with E-state index in [0.717, 1.165) is 0 Å². The van der Waals surface area contributed by atoms with Crippen molar-refractivity contribution in [2.45, 2.75) is 4.90 Å². The smallest absolute Gasteiger partial charge is 0.335 e. The summed E-state index contributed by atoms with van der Waals surface area (Å²) in [5.74, 6) is 0.442. The van der Waals surface area contributed by atoms with Crippen molar-refractivity contribution in [3.63, 3.8) is 0 Å². The lowest BCUT2D eigenvalue weighted by molar-refractivity contribution is 0.0697. The Bertz CT molecular complexity index is 1080. The van der Waals surface area contributed by atoms with Crippen LogP contribution < -0.4 is 14.2 Å². The molecule has 0 bridgehead atoms. The molecule has 0 aromatic heterocycles. The third kappa shape index (κ3) is 4.41. The first-order chi connectivity index (χ1) is 13.4. The monoisotopic (exact) mass is 399 g/mol. The highest BCUT2D eigenvalue weighted by atomic mass is 32.2. The molecule has 3 aromatic rings. The number of benzene rings is 3. The van der Waals surface area contributed by atoms with Gasteiger partial charge >= 0.3 is 5.97 Å². The predicted molar refractivity (Wildman–Crippen MR) is 104 cm³/mol.